The van der Waals surface area contributed by atoms with Gasteiger partial charge in [-0.05, 0) is 5.92 Å². The monoisotopic (exact) mass is 593 g/mol. The number of hydrogen-bond acceptors (Lipinski definition) is 9. The van der Waals surface area contributed by atoms with Gasteiger partial charge in [0, 0.05) is 43.9 Å². The maximum atomic E-state index is 11.6. The van der Waals surface area contributed by atoms with Gasteiger partial charge in [0.1, 0.15) is 36.3 Å². The van der Waals surface area contributed by atoms with Gasteiger partial charge in [-0.2, -0.15) is 0 Å². The summed E-state index contributed by atoms with van der Waals surface area (Å²) >= 11 is 0. The summed E-state index contributed by atoms with van der Waals surface area (Å²) in [6.45, 7) is 13.0. The summed E-state index contributed by atoms with van der Waals surface area (Å²) < 4.78 is 33.9. The van der Waals surface area contributed by atoms with Crippen LogP contribution in [0.1, 0.15) is 43.0 Å². The summed E-state index contributed by atoms with van der Waals surface area (Å²) in [6.07, 6.45) is 1.40. The van der Waals surface area contributed by atoms with Crippen LogP contribution in [0.5, 0.6) is 0 Å². The van der Waals surface area contributed by atoms with Crippen molar-refractivity contribution in [1.82, 2.24) is 0 Å². The van der Waals surface area contributed by atoms with Gasteiger partial charge in [0.15, 0.2) is 0 Å². The number of carbonyl (C=O) groups excluding carboxylic acids is 1. The Morgan fingerprint density at radius 3 is 1.52 bits per heavy atom. The first kappa shape index (κ1) is 33.6. The number of ether oxygens (including phenoxy) is 6. The van der Waals surface area contributed by atoms with E-state index in [0.717, 1.165) is 0 Å². The number of ketones is 1. The van der Waals surface area contributed by atoms with Crippen LogP contribution in [0.25, 0.3) is 0 Å². The van der Waals surface area contributed by atoms with Gasteiger partial charge in [0.05, 0.1) is 55.4 Å². The van der Waals surface area contributed by atoms with Crippen LogP contribution in [0.4, 0.5) is 0 Å². The van der Waals surface area contributed by atoms with Crippen molar-refractivity contribution in [2.45, 2.75) is 121 Å². The Balaban J connectivity index is 0.000000161. The molecule has 0 aliphatic carbocycles. The number of aliphatic hydroxyl groups is 2. The average molecular weight is 594 g/mol. The zero-order valence-electron chi connectivity index (χ0n) is 25.5. The van der Waals surface area contributed by atoms with Crippen molar-refractivity contribution >= 4 is 26.6 Å². The third-order valence-corrected chi connectivity index (χ3v) is 11.2. The van der Waals surface area contributed by atoms with Gasteiger partial charge in [0.25, 0.3) is 0 Å². The molecule has 2 N–H and O–H groups in total. The summed E-state index contributed by atoms with van der Waals surface area (Å²) in [4.78, 5) is 11.6. The summed E-state index contributed by atoms with van der Waals surface area (Å²) in [6, 6.07) is 0. The van der Waals surface area contributed by atoms with Crippen LogP contribution < -0.4 is 29.6 Å². The molecule has 0 amide bonds. The van der Waals surface area contributed by atoms with E-state index >= 15 is 0 Å². The number of rotatable bonds is 0. The number of carbonyl (C=O) groups is 1. The minimum atomic E-state index is -0.296. The molecule has 9 nitrogen and oxygen atoms in total. The van der Waals surface area contributed by atoms with Crippen molar-refractivity contribution in [2.24, 2.45) is 41.4 Å². The second-order valence-electron chi connectivity index (χ2n) is 13.2. The van der Waals surface area contributed by atoms with Crippen LogP contribution in [-0.4, -0.2) is 110 Å². The van der Waals surface area contributed by atoms with Gasteiger partial charge in [-0.25, -0.2) is 0 Å². The Bertz CT molecular complexity index is 892. The minimum absolute atomic E-state index is 0. The van der Waals surface area contributed by atoms with E-state index in [1.807, 2.05) is 27.7 Å². The third-order valence-electron chi connectivity index (χ3n) is 11.2. The standard InChI is InChI=1S/C10H16O3.C9H14O3.C9H12O3.B.ClH.Na.H/c1-4-6-3-12-9-5(2)8(4)13-10(9)7(6)11;2*1-3-5(10)4(2)7-9-8(12-9)6(3)11-7;;;;/h4-11H,3H2,1-2H3;3-10H,1-2H3;3-4,6-9H,1-2H3;;1H;;/q;;;;;+1;-1/t4-,5-,6-,7-,8?,9+,10+;3-,4+,5?,6+,7-,8+,9-;3-,4+,6+,7-,8+,9-;;;;/m0....../s1. The molecule has 9 heterocycles. The van der Waals surface area contributed by atoms with Crippen molar-refractivity contribution in [2.75, 3.05) is 6.61 Å². The van der Waals surface area contributed by atoms with E-state index in [1.54, 1.807) is 0 Å². The Morgan fingerprint density at radius 2 is 1.00 bits per heavy atom. The number of halogens is 1. The van der Waals surface area contributed by atoms with Crippen LogP contribution in [0.15, 0.2) is 0 Å². The van der Waals surface area contributed by atoms with Crippen LogP contribution in [0.2, 0.25) is 0 Å². The Kier molecular flexibility index (Phi) is 9.99. The van der Waals surface area contributed by atoms with E-state index in [2.05, 4.69) is 13.8 Å². The molecular weight excluding hydrogens is 550 g/mol. The van der Waals surface area contributed by atoms with Gasteiger partial charge in [0.2, 0.25) is 0 Å². The van der Waals surface area contributed by atoms with Crippen molar-refractivity contribution in [1.29, 1.82) is 0 Å². The maximum Gasteiger partial charge on any atom is 1.00 e. The largest absolute Gasteiger partial charge is 1.00 e. The summed E-state index contributed by atoms with van der Waals surface area (Å²) in [5.41, 5.74) is 0. The number of hydrogen-bond donors (Lipinski definition) is 2. The van der Waals surface area contributed by atoms with Crippen LogP contribution in [0.3, 0.4) is 0 Å². The number of aliphatic hydroxyl groups excluding tert-OH is 2. The zero-order valence-corrected chi connectivity index (χ0v) is 27.3. The number of fused-ring (bicyclic) bond motifs is 12. The molecule has 9 rings (SSSR count). The summed E-state index contributed by atoms with van der Waals surface area (Å²) in [5.74, 6) is 2.07. The molecular formula is C28H44BClNaO9. The molecule has 0 aromatic rings. The van der Waals surface area contributed by atoms with Crippen molar-refractivity contribution in [3.05, 3.63) is 0 Å². The normalized spacial score (nSPS) is 59.8. The van der Waals surface area contributed by atoms with Crippen molar-refractivity contribution < 1.29 is 74.4 Å². The first-order chi connectivity index (χ1) is 17.6. The van der Waals surface area contributed by atoms with E-state index in [-0.39, 0.29) is 137 Å². The molecule has 7 bridgehead atoms. The number of Topliss-reactive ketones (excluding diaryl/α,β-unsaturated/α-hetero) is 1. The molecule has 9 aliphatic heterocycles. The fourth-order valence-corrected chi connectivity index (χ4v) is 8.52. The van der Waals surface area contributed by atoms with E-state index in [1.165, 1.54) is 0 Å². The summed E-state index contributed by atoms with van der Waals surface area (Å²) in [5, 5.41) is 19.8. The Morgan fingerprint density at radius 1 is 0.575 bits per heavy atom. The molecule has 0 aromatic carbocycles. The predicted octanol–water partition coefficient (Wildman–Crippen LogP) is -1.88. The predicted molar refractivity (Wildman–Crippen MR) is 143 cm³/mol. The molecule has 40 heavy (non-hydrogen) atoms. The van der Waals surface area contributed by atoms with Crippen molar-refractivity contribution in [3.63, 3.8) is 0 Å². The fourth-order valence-electron chi connectivity index (χ4n) is 8.52. The van der Waals surface area contributed by atoms with Crippen LogP contribution in [0, 0.1) is 41.4 Å². The Hall–Kier alpha value is 0.705. The van der Waals surface area contributed by atoms with Crippen LogP contribution >= 0.6 is 12.4 Å². The quantitative estimate of drug-likeness (QED) is 0.246. The van der Waals surface area contributed by atoms with E-state index in [4.69, 9.17) is 28.4 Å². The van der Waals surface area contributed by atoms with Gasteiger partial charge in [-0.15, -0.1) is 12.4 Å². The van der Waals surface area contributed by atoms with Crippen LogP contribution in [-0.2, 0) is 33.2 Å². The molecule has 12 heteroatoms. The summed E-state index contributed by atoms with van der Waals surface area (Å²) in [7, 11) is 0. The molecule has 0 aromatic heterocycles. The topological polar surface area (TPSA) is 120 Å². The van der Waals surface area contributed by atoms with E-state index in [0.29, 0.717) is 48.5 Å². The van der Waals surface area contributed by atoms with Gasteiger partial charge in [-0.3, -0.25) is 4.79 Å². The maximum absolute atomic E-state index is 11.6. The molecule has 0 spiro atoms. The molecule has 20 atom stereocenters. The molecule has 0 saturated carbocycles. The van der Waals surface area contributed by atoms with Gasteiger partial charge >= 0.3 is 29.6 Å². The van der Waals surface area contributed by atoms with Gasteiger partial charge in [-0.1, -0.05) is 41.5 Å². The number of epoxide rings is 2. The smallest absolute Gasteiger partial charge is 1.00 e. The molecule has 3 radical (unpaired) electrons. The second kappa shape index (κ2) is 11.9. The van der Waals surface area contributed by atoms with Gasteiger partial charge < -0.3 is 40.1 Å². The molecule has 221 valence electrons. The first-order valence-electron chi connectivity index (χ1n) is 14.4. The molecule has 2 unspecified atom stereocenters. The zero-order chi connectivity index (χ0) is 26.1. The van der Waals surface area contributed by atoms with E-state index < -0.39 is 0 Å². The molecule has 9 fully saturated rings. The molecule has 9 saturated heterocycles. The Labute approximate surface area is 268 Å². The van der Waals surface area contributed by atoms with Crippen molar-refractivity contribution in [3.8, 4) is 0 Å². The first-order valence-corrected chi connectivity index (χ1v) is 14.4. The fraction of sp³-hybridized carbons (Fsp3) is 0.964. The van der Waals surface area contributed by atoms with E-state index in [9.17, 15) is 15.0 Å². The minimum Gasteiger partial charge on any atom is -1.00 e. The average Bonchev–Trinajstić information content (AvgIpc) is 3.77. The molecule has 9 aliphatic rings. The third kappa shape index (κ3) is 4.92. The second-order valence-corrected chi connectivity index (χ2v) is 13.2. The SMILES string of the molecule is C[C@@H]1C(=O)[C@H](C)[C@H]2O[C@@H]1[C@@H]1O[C@@H]12.C[C@@H]1C(O)[C@H](C)[C@H]2O[C@@H]1[C@@H]1O[C@@H]12.C[C@@H]1C2O[C@@H]3[C@@H](O)[C@H]1CO[C@@H]3[C@H]2C.Cl.[B].[H-].[Na+].